The molecule has 0 aliphatic carbocycles. The van der Waals surface area contributed by atoms with Crippen LogP contribution in [0.15, 0.2) is 47.4 Å². The van der Waals surface area contributed by atoms with Gasteiger partial charge in [-0.1, -0.05) is 19.9 Å². The van der Waals surface area contributed by atoms with E-state index in [9.17, 15) is 4.39 Å². The minimum atomic E-state index is -0.341. The molecule has 0 aliphatic heterocycles. The van der Waals surface area contributed by atoms with E-state index in [0.29, 0.717) is 18.3 Å². The summed E-state index contributed by atoms with van der Waals surface area (Å²) in [4.78, 5) is 1.15. The van der Waals surface area contributed by atoms with Crippen LogP contribution in [-0.2, 0) is 6.54 Å². The third-order valence-electron chi connectivity index (χ3n) is 3.00. The smallest absolute Gasteiger partial charge is 0.166 e. The maximum Gasteiger partial charge on any atom is 0.166 e. The summed E-state index contributed by atoms with van der Waals surface area (Å²) in [5.41, 5.74) is 0.909. The van der Waals surface area contributed by atoms with Gasteiger partial charge in [-0.2, -0.15) is 0 Å². The van der Waals surface area contributed by atoms with Crippen LogP contribution in [0.2, 0.25) is 0 Å². The Balaban J connectivity index is 2.06. The van der Waals surface area contributed by atoms with Gasteiger partial charge in [0.2, 0.25) is 0 Å². The monoisotopic (exact) mass is 305 g/mol. The van der Waals surface area contributed by atoms with Crippen LogP contribution in [0.1, 0.15) is 19.4 Å². The lowest BCUT2D eigenvalue weighted by Gasteiger charge is -2.11. The van der Waals surface area contributed by atoms with E-state index in [2.05, 4.69) is 19.2 Å². The topological polar surface area (TPSA) is 21.3 Å². The standard InChI is InChI=1S/C17H20FNOS/c1-12(2)19-11-13-4-9-17(16(18)10-13)20-14-5-7-15(21-3)8-6-14/h4-10,12,19H,11H2,1-3H3. The predicted molar refractivity (Wildman–Crippen MR) is 86.7 cm³/mol. The van der Waals surface area contributed by atoms with Crippen LogP contribution in [0.5, 0.6) is 11.5 Å². The summed E-state index contributed by atoms with van der Waals surface area (Å²) in [6.07, 6.45) is 2.01. The largest absolute Gasteiger partial charge is 0.454 e. The zero-order chi connectivity index (χ0) is 15.2. The first-order valence-electron chi connectivity index (χ1n) is 6.92. The maximum absolute atomic E-state index is 14.0. The molecule has 4 heteroatoms. The van der Waals surface area contributed by atoms with Crippen molar-refractivity contribution in [1.82, 2.24) is 5.32 Å². The van der Waals surface area contributed by atoms with Gasteiger partial charge in [0.05, 0.1) is 0 Å². The van der Waals surface area contributed by atoms with E-state index in [4.69, 9.17) is 4.74 Å². The number of thioether (sulfide) groups is 1. The third-order valence-corrected chi connectivity index (χ3v) is 3.74. The summed E-state index contributed by atoms with van der Waals surface area (Å²) in [7, 11) is 0. The van der Waals surface area contributed by atoms with Crippen LogP contribution in [0.3, 0.4) is 0 Å². The number of hydrogen-bond acceptors (Lipinski definition) is 3. The lowest BCUT2D eigenvalue weighted by atomic mass is 10.2. The fraction of sp³-hybridized carbons (Fsp3) is 0.294. The lowest BCUT2D eigenvalue weighted by molar-refractivity contribution is 0.441. The van der Waals surface area contributed by atoms with Crippen molar-refractivity contribution in [2.45, 2.75) is 31.3 Å². The number of rotatable bonds is 6. The number of halogens is 1. The van der Waals surface area contributed by atoms with Crippen LogP contribution in [0.4, 0.5) is 4.39 Å². The molecule has 1 N–H and O–H groups in total. The van der Waals surface area contributed by atoms with Crippen LogP contribution in [0, 0.1) is 5.82 Å². The SMILES string of the molecule is CSc1ccc(Oc2ccc(CNC(C)C)cc2F)cc1. The first-order valence-corrected chi connectivity index (χ1v) is 8.14. The van der Waals surface area contributed by atoms with Crippen molar-refractivity contribution >= 4 is 11.8 Å². The van der Waals surface area contributed by atoms with Crippen LogP contribution in [-0.4, -0.2) is 12.3 Å². The fourth-order valence-corrected chi connectivity index (χ4v) is 2.24. The molecule has 0 atom stereocenters. The first-order chi connectivity index (χ1) is 10.1. The summed E-state index contributed by atoms with van der Waals surface area (Å²) in [6.45, 7) is 4.77. The molecule has 2 rings (SSSR count). The normalized spacial score (nSPS) is 10.9. The Labute approximate surface area is 129 Å². The molecule has 0 aliphatic rings. The van der Waals surface area contributed by atoms with Crippen molar-refractivity contribution in [3.63, 3.8) is 0 Å². The second kappa shape index (κ2) is 7.48. The zero-order valence-corrected chi connectivity index (χ0v) is 13.3. The molecule has 0 spiro atoms. The average Bonchev–Trinajstić information content (AvgIpc) is 2.48. The average molecular weight is 305 g/mol. The minimum Gasteiger partial charge on any atom is -0.454 e. The van der Waals surface area contributed by atoms with Gasteiger partial charge < -0.3 is 10.1 Å². The summed E-state index contributed by atoms with van der Waals surface area (Å²) in [5, 5.41) is 3.26. The van der Waals surface area contributed by atoms with E-state index < -0.39 is 0 Å². The molecule has 0 aromatic heterocycles. The fourth-order valence-electron chi connectivity index (χ4n) is 1.83. The molecular weight excluding hydrogens is 285 g/mol. The van der Waals surface area contributed by atoms with Crippen molar-refractivity contribution in [2.24, 2.45) is 0 Å². The number of benzene rings is 2. The van der Waals surface area contributed by atoms with E-state index in [0.717, 1.165) is 10.5 Å². The number of hydrogen-bond donors (Lipinski definition) is 1. The van der Waals surface area contributed by atoms with E-state index in [1.165, 1.54) is 6.07 Å². The van der Waals surface area contributed by atoms with Gasteiger partial charge in [0.15, 0.2) is 11.6 Å². The quantitative estimate of drug-likeness (QED) is 0.772. The zero-order valence-electron chi connectivity index (χ0n) is 12.5. The molecule has 0 saturated heterocycles. The highest BCUT2D eigenvalue weighted by Gasteiger charge is 2.06. The summed E-state index contributed by atoms with van der Waals surface area (Å²) < 4.78 is 19.6. The van der Waals surface area contributed by atoms with Crippen LogP contribution in [0.25, 0.3) is 0 Å². The summed E-state index contributed by atoms with van der Waals surface area (Å²) in [6, 6.07) is 13.1. The highest BCUT2D eigenvalue weighted by molar-refractivity contribution is 7.98. The van der Waals surface area contributed by atoms with Gasteiger partial charge in [0.1, 0.15) is 5.75 Å². The molecular formula is C17H20FNOS. The van der Waals surface area contributed by atoms with E-state index in [1.807, 2.05) is 36.6 Å². The van der Waals surface area contributed by atoms with Crippen LogP contribution >= 0.6 is 11.8 Å². The van der Waals surface area contributed by atoms with Crippen molar-refractivity contribution in [3.8, 4) is 11.5 Å². The van der Waals surface area contributed by atoms with Gasteiger partial charge in [-0.3, -0.25) is 0 Å². The lowest BCUT2D eigenvalue weighted by Crippen LogP contribution is -2.21. The van der Waals surface area contributed by atoms with Gasteiger partial charge in [-0.25, -0.2) is 4.39 Å². The van der Waals surface area contributed by atoms with Gasteiger partial charge in [-0.15, -0.1) is 11.8 Å². The molecule has 0 fully saturated rings. The number of ether oxygens (including phenoxy) is 1. The molecule has 0 saturated carbocycles. The van der Waals surface area contributed by atoms with E-state index in [-0.39, 0.29) is 11.6 Å². The second-order valence-corrected chi connectivity index (χ2v) is 5.96. The molecule has 2 nitrogen and oxygen atoms in total. The van der Waals surface area contributed by atoms with Crippen LogP contribution < -0.4 is 10.1 Å². The Hall–Kier alpha value is -1.52. The van der Waals surface area contributed by atoms with E-state index >= 15 is 0 Å². The molecule has 0 heterocycles. The molecule has 0 unspecified atom stereocenters. The Bertz CT molecular complexity index is 584. The predicted octanol–water partition coefficient (Wildman–Crippen LogP) is 4.84. The van der Waals surface area contributed by atoms with Crippen molar-refractivity contribution < 1.29 is 9.13 Å². The number of nitrogens with one attached hydrogen (secondary N) is 1. The molecule has 2 aromatic carbocycles. The minimum absolute atomic E-state index is 0.250. The molecule has 21 heavy (non-hydrogen) atoms. The van der Waals surface area contributed by atoms with Gasteiger partial charge in [-0.05, 0) is 48.2 Å². The summed E-state index contributed by atoms with van der Waals surface area (Å²) >= 11 is 1.66. The molecule has 0 amide bonds. The highest BCUT2D eigenvalue weighted by Crippen LogP contribution is 2.27. The Morgan fingerprint density at radius 2 is 1.86 bits per heavy atom. The molecule has 112 valence electrons. The Morgan fingerprint density at radius 3 is 2.43 bits per heavy atom. The van der Waals surface area contributed by atoms with Crippen molar-refractivity contribution in [3.05, 3.63) is 53.8 Å². The van der Waals surface area contributed by atoms with E-state index in [1.54, 1.807) is 17.8 Å². The summed E-state index contributed by atoms with van der Waals surface area (Å²) in [5.74, 6) is 0.548. The molecule has 2 aromatic rings. The van der Waals surface area contributed by atoms with Crippen molar-refractivity contribution in [2.75, 3.05) is 6.26 Å². The van der Waals surface area contributed by atoms with Gasteiger partial charge in [0, 0.05) is 17.5 Å². The second-order valence-electron chi connectivity index (χ2n) is 5.08. The third kappa shape index (κ3) is 4.76. The first kappa shape index (κ1) is 15.9. The molecule has 0 bridgehead atoms. The Morgan fingerprint density at radius 1 is 1.14 bits per heavy atom. The van der Waals surface area contributed by atoms with Gasteiger partial charge in [0.25, 0.3) is 0 Å². The van der Waals surface area contributed by atoms with Gasteiger partial charge >= 0.3 is 0 Å². The highest BCUT2D eigenvalue weighted by atomic mass is 32.2. The Kier molecular flexibility index (Phi) is 5.65. The maximum atomic E-state index is 14.0. The molecule has 0 radical (unpaired) electrons. The van der Waals surface area contributed by atoms with Crippen molar-refractivity contribution in [1.29, 1.82) is 0 Å².